The van der Waals surface area contributed by atoms with Crippen LogP contribution in [0.2, 0.25) is 0 Å². The smallest absolute Gasteiger partial charge is 0.232 e. The van der Waals surface area contributed by atoms with Crippen molar-refractivity contribution in [3.63, 3.8) is 0 Å². The molecular weight excluding hydrogens is 335 g/mol. The molecule has 8 heteroatoms. The summed E-state index contributed by atoms with van der Waals surface area (Å²) in [6, 6.07) is 5.69. The number of benzene rings is 1. The summed E-state index contributed by atoms with van der Waals surface area (Å²) in [5.41, 5.74) is -0.000219. The Balaban J connectivity index is 1.85. The first-order chi connectivity index (χ1) is 11.4. The molecule has 1 atom stereocenters. The van der Waals surface area contributed by atoms with E-state index in [9.17, 15) is 17.6 Å². The summed E-state index contributed by atoms with van der Waals surface area (Å²) in [6.07, 6.45) is 3.52. The van der Waals surface area contributed by atoms with Gasteiger partial charge < -0.3 is 10.1 Å². The lowest BCUT2D eigenvalue weighted by Crippen LogP contribution is -2.34. The molecule has 0 saturated carbocycles. The summed E-state index contributed by atoms with van der Waals surface area (Å²) < 4.78 is 44.1. The standard InChI is InChI=1S/C16H23FN2O4S/c1-24(21,22)19(15-8-3-2-7-14(15)17)10-4-9-16(20)18-12-13-6-5-11-23-13/h2-3,7-8,13H,4-6,9-12H2,1H3,(H,18,20)/t13-/m1/s1. The number of carbonyl (C=O) groups excluding carboxylic acids is 1. The maximum atomic E-state index is 13.9. The first-order valence-electron chi connectivity index (χ1n) is 7.98. The van der Waals surface area contributed by atoms with Crippen molar-refractivity contribution in [1.82, 2.24) is 5.32 Å². The van der Waals surface area contributed by atoms with Gasteiger partial charge in [0.05, 0.1) is 18.0 Å². The first-order valence-corrected chi connectivity index (χ1v) is 9.83. The van der Waals surface area contributed by atoms with Gasteiger partial charge in [-0.25, -0.2) is 12.8 Å². The van der Waals surface area contributed by atoms with Gasteiger partial charge in [-0.2, -0.15) is 0 Å². The van der Waals surface area contributed by atoms with E-state index < -0.39 is 15.8 Å². The molecule has 0 aliphatic carbocycles. The quantitative estimate of drug-likeness (QED) is 0.767. The Hall–Kier alpha value is -1.67. The fourth-order valence-corrected chi connectivity index (χ4v) is 3.59. The number of rotatable bonds is 8. The summed E-state index contributed by atoms with van der Waals surface area (Å²) >= 11 is 0. The molecule has 1 aliphatic rings. The van der Waals surface area contributed by atoms with Crippen molar-refractivity contribution in [3.8, 4) is 0 Å². The van der Waals surface area contributed by atoms with Crippen LogP contribution in [0.1, 0.15) is 25.7 Å². The van der Waals surface area contributed by atoms with Crippen molar-refractivity contribution in [2.75, 3.05) is 30.3 Å². The Bertz CT molecular complexity index is 660. The van der Waals surface area contributed by atoms with Crippen molar-refractivity contribution in [2.45, 2.75) is 31.8 Å². The zero-order chi connectivity index (χ0) is 17.6. The number of anilines is 1. The van der Waals surface area contributed by atoms with Crippen LogP contribution in [0.15, 0.2) is 24.3 Å². The Morgan fingerprint density at radius 1 is 1.42 bits per heavy atom. The van der Waals surface area contributed by atoms with Gasteiger partial charge in [-0.3, -0.25) is 9.10 Å². The highest BCUT2D eigenvalue weighted by molar-refractivity contribution is 7.92. The van der Waals surface area contributed by atoms with Crippen molar-refractivity contribution >= 4 is 21.6 Å². The number of halogens is 1. The molecule has 0 bridgehead atoms. The largest absolute Gasteiger partial charge is 0.376 e. The van der Waals surface area contributed by atoms with Crippen molar-refractivity contribution in [2.24, 2.45) is 0 Å². The molecule has 0 unspecified atom stereocenters. The fraction of sp³-hybridized carbons (Fsp3) is 0.562. The Labute approximate surface area is 142 Å². The highest BCUT2D eigenvalue weighted by Crippen LogP contribution is 2.21. The summed E-state index contributed by atoms with van der Waals surface area (Å²) in [5, 5.41) is 2.78. The fourth-order valence-electron chi connectivity index (χ4n) is 2.62. The van der Waals surface area contributed by atoms with Crippen LogP contribution in [0.3, 0.4) is 0 Å². The van der Waals surface area contributed by atoms with Gasteiger partial charge in [0.15, 0.2) is 0 Å². The van der Waals surface area contributed by atoms with Crippen molar-refractivity contribution in [3.05, 3.63) is 30.1 Å². The van der Waals surface area contributed by atoms with Gasteiger partial charge in [0, 0.05) is 26.1 Å². The monoisotopic (exact) mass is 358 g/mol. The first kappa shape index (κ1) is 18.7. The number of nitrogens with zero attached hydrogens (tertiary/aromatic N) is 1. The van der Waals surface area contributed by atoms with E-state index in [2.05, 4.69) is 5.32 Å². The predicted molar refractivity (Wildman–Crippen MR) is 89.8 cm³/mol. The lowest BCUT2D eigenvalue weighted by Gasteiger charge is -2.22. The molecular formula is C16H23FN2O4S. The number of carbonyl (C=O) groups is 1. The highest BCUT2D eigenvalue weighted by atomic mass is 32.2. The number of hydrogen-bond acceptors (Lipinski definition) is 4. The zero-order valence-corrected chi connectivity index (χ0v) is 14.5. The Kier molecular flexibility index (Phi) is 6.56. The third kappa shape index (κ3) is 5.45. The van der Waals surface area contributed by atoms with Crippen LogP contribution in [0.4, 0.5) is 10.1 Å². The van der Waals surface area contributed by atoms with Crippen LogP contribution in [-0.2, 0) is 19.6 Å². The summed E-state index contributed by atoms with van der Waals surface area (Å²) in [5.74, 6) is -0.766. The van der Waals surface area contributed by atoms with E-state index in [0.717, 1.165) is 30.0 Å². The van der Waals surface area contributed by atoms with Crippen molar-refractivity contribution < 1.29 is 22.3 Å². The maximum Gasteiger partial charge on any atom is 0.232 e. The molecule has 6 nitrogen and oxygen atoms in total. The van der Waals surface area contributed by atoms with Gasteiger partial charge in [0.2, 0.25) is 15.9 Å². The lowest BCUT2D eigenvalue weighted by molar-refractivity contribution is -0.121. The van der Waals surface area contributed by atoms with E-state index in [-0.39, 0.29) is 30.7 Å². The molecule has 134 valence electrons. The maximum absolute atomic E-state index is 13.9. The number of para-hydroxylation sites is 1. The van der Waals surface area contributed by atoms with Crippen molar-refractivity contribution in [1.29, 1.82) is 0 Å². The van der Waals surface area contributed by atoms with Gasteiger partial charge in [0.1, 0.15) is 5.82 Å². The summed E-state index contributed by atoms with van der Waals surface area (Å²) in [6.45, 7) is 1.25. The third-order valence-corrected chi connectivity index (χ3v) is 5.02. The molecule has 0 aromatic heterocycles. The zero-order valence-electron chi connectivity index (χ0n) is 13.7. The molecule has 1 N–H and O–H groups in total. The van der Waals surface area contributed by atoms with Gasteiger partial charge in [-0.1, -0.05) is 12.1 Å². The van der Waals surface area contributed by atoms with Gasteiger partial charge >= 0.3 is 0 Å². The average Bonchev–Trinajstić information content (AvgIpc) is 3.03. The number of nitrogens with one attached hydrogen (secondary N) is 1. The van der Waals surface area contributed by atoms with Gasteiger partial charge in [0.25, 0.3) is 0 Å². The predicted octanol–water partition coefficient (Wildman–Crippen LogP) is 1.67. The number of amides is 1. The number of hydrogen-bond donors (Lipinski definition) is 1. The second-order valence-corrected chi connectivity index (χ2v) is 7.74. The topological polar surface area (TPSA) is 75.7 Å². The Morgan fingerprint density at radius 3 is 2.79 bits per heavy atom. The van der Waals surface area contributed by atoms with Crippen LogP contribution >= 0.6 is 0 Å². The minimum atomic E-state index is -3.62. The molecule has 1 aliphatic heterocycles. The molecule has 0 radical (unpaired) electrons. The Morgan fingerprint density at radius 2 is 2.17 bits per heavy atom. The SMILES string of the molecule is CS(=O)(=O)N(CCCC(=O)NC[C@H]1CCCO1)c1ccccc1F. The molecule has 1 fully saturated rings. The van der Waals surface area contributed by atoms with Crippen LogP contribution in [0.25, 0.3) is 0 Å². The van der Waals surface area contributed by atoms with E-state index in [1.54, 1.807) is 6.07 Å². The van der Waals surface area contributed by atoms with E-state index in [0.29, 0.717) is 13.0 Å². The van der Waals surface area contributed by atoms with Gasteiger partial charge in [-0.15, -0.1) is 0 Å². The highest BCUT2D eigenvalue weighted by Gasteiger charge is 2.21. The normalized spacial score (nSPS) is 17.7. The molecule has 1 aromatic carbocycles. The van der Waals surface area contributed by atoms with E-state index >= 15 is 0 Å². The third-order valence-electron chi connectivity index (χ3n) is 3.84. The summed E-state index contributed by atoms with van der Waals surface area (Å²) in [7, 11) is -3.62. The van der Waals surface area contributed by atoms with Crippen LogP contribution in [-0.4, -0.2) is 46.4 Å². The lowest BCUT2D eigenvalue weighted by atomic mass is 10.2. The molecule has 1 heterocycles. The summed E-state index contributed by atoms with van der Waals surface area (Å²) in [4.78, 5) is 11.8. The molecule has 2 rings (SSSR count). The van der Waals surface area contributed by atoms with Crippen LogP contribution in [0.5, 0.6) is 0 Å². The molecule has 1 amide bonds. The molecule has 0 spiro atoms. The minimum absolute atomic E-state index is 0.000219. The van der Waals surface area contributed by atoms with Crippen LogP contribution < -0.4 is 9.62 Å². The van der Waals surface area contributed by atoms with E-state index in [1.165, 1.54) is 18.2 Å². The van der Waals surface area contributed by atoms with E-state index in [1.807, 2.05) is 0 Å². The van der Waals surface area contributed by atoms with Crippen LogP contribution in [0, 0.1) is 5.82 Å². The number of sulfonamides is 1. The minimum Gasteiger partial charge on any atom is -0.376 e. The molecule has 24 heavy (non-hydrogen) atoms. The molecule has 1 aromatic rings. The second kappa shape index (κ2) is 8.43. The van der Waals surface area contributed by atoms with E-state index in [4.69, 9.17) is 4.74 Å². The average molecular weight is 358 g/mol. The van der Waals surface area contributed by atoms with Gasteiger partial charge in [-0.05, 0) is 31.4 Å². The second-order valence-electron chi connectivity index (χ2n) is 5.83. The molecule has 1 saturated heterocycles. The number of ether oxygens (including phenoxy) is 1.